The summed E-state index contributed by atoms with van der Waals surface area (Å²) >= 11 is 1.64. The number of piperazine rings is 1. The van der Waals surface area contributed by atoms with Crippen LogP contribution >= 0.6 is 11.3 Å². The number of carbonyl (C=O) groups is 1. The summed E-state index contributed by atoms with van der Waals surface area (Å²) in [6.45, 7) is 5.52. The van der Waals surface area contributed by atoms with Gasteiger partial charge in [-0.05, 0) is 36.2 Å². The number of amides is 1. The highest BCUT2D eigenvalue weighted by Crippen LogP contribution is 2.23. The first kappa shape index (κ1) is 21.6. The van der Waals surface area contributed by atoms with E-state index >= 15 is 0 Å². The maximum Gasteiger partial charge on any atom is 0.234 e. The van der Waals surface area contributed by atoms with E-state index in [0.29, 0.717) is 13.1 Å². The number of nitrogens with one attached hydrogen (secondary N) is 1. The molecule has 0 saturated carbocycles. The van der Waals surface area contributed by atoms with Gasteiger partial charge >= 0.3 is 0 Å². The number of carbonyl (C=O) groups excluding carboxylic acids is 1. The van der Waals surface area contributed by atoms with Crippen LogP contribution in [0.15, 0.2) is 60.0 Å². The van der Waals surface area contributed by atoms with Crippen LogP contribution in [0.4, 0.5) is 4.39 Å². The van der Waals surface area contributed by atoms with E-state index in [9.17, 15) is 9.18 Å². The minimum atomic E-state index is -0.234. The molecule has 0 aliphatic carbocycles. The molecule has 162 valence electrons. The molecule has 1 N–H and O–H groups in total. The molecule has 1 fully saturated rings. The van der Waals surface area contributed by atoms with Crippen molar-refractivity contribution >= 4 is 17.2 Å². The van der Waals surface area contributed by atoms with Crippen LogP contribution in [0.3, 0.4) is 0 Å². The van der Waals surface area contributed by atoms with Crippen LogP contribution in [0.1, 0.15) is 10.6 Å². The highest BCUT2D eigenvalue weighted by molar-refractivity contribution is 7.09. The Morgan fingerprint density at radius 1 is 1.00 bits per heavy atom. The van der Waals surface area contributed by atoms with Crippen LogP contribution in [-0.2, 0) is 17.8 Å². The molecule has 5 nitrogen and oxygen atoms in total. The number of aromatic nitrogens is 1. The highest BCUT2D eigenvalue weighted by atomic mass is 32.1. The van der Waals surface area contributed by atoms with Crippen molar-refractivity contribution < 1.29 is 9.18 Å². The molecule has 2 aromatic carbocycles. The number of hydrogen-bond donors (Lipinski definition) is 1. The molecule has 1 aliphatic rings. The second-order valence-corrected chi connectivity index (χ2v) is 8.71. The maximum absolute atomic E-state index is 13.1. The van der Waals surface area contributed by atoms with E-state index in [4.69, 9.17) is 4.98 Å². The van der Waals surface area contributed by atoms with Gasteiger partial charge in [-0.15, -0.1) is 11.3 Å². The number of halogens is 1. The third-order valence-electron chi connectivity index (χ3n) is 5.46. The second kappa shape index (κ2) is 10.6. The van der Waals surface area contributed by atoms with Gasteiger partial charge in [-0.2, -0.15) is 0 Å². The van der Waals surface area contributed by atoms with E-state index < -0.39 is 0 Å². The molecule has 3 aromatic rings. The molecule has 0 radical (unpaired) electrons. The lowest BCUT2D eigenvalue weighted by Gasteiger charge is -2.33. The van der Waals surface area contributed by atoms with Gasteiger partial charge in [0.1, 0.15) is 10.8 Å². The van der Waals surface area contributed by atoms with E-state index in [-0.39, 0.29) is 11.7 Å². The maximum atomic E-state index is 13.1. The summed E-state index contributed by atoms with van der Waals surface area (Å²) in [6.07, 6.45) is 0.855. The molecular weight excluding hydrogens is 411 g/mol. The van der Waals surface area contributed by atoms with Crippen molar-refractivity contribution in [2.45, 2.75) is 13.0 Å². The first-order valence-electron chi connectivity index (χ1n) is 10.6. The fourth-order valence-electron chi connectivity index (χ4n) is 3.68. The Labute approximate surface area is 186 Å². The fourth-order valence-corrected chi connectivity index (χ4v) is 4.53. The molecule has 1 saturated heterocycles. The number of nitrogens with zero attached hydrogens (tertiary/aromatic N) is 3. The van der Waals surface area contributed by atoms with Gasteiger partial charge in [0, 0.05) is 43.7 Å². The molecule has 0 atom stereocenters. The van der Waals surface area contributed by atoms with Gasteiger partial charge < -0.3 is 5.32 Å². The van der Waals surface area contributed by atoms with Gasteiger partial charge in [-0.1, -0.05) is 30.3 Å². The lowest BCUT2D eigenvalue weighted by atomic mass is 10.1. The average molecular weight is 439 g/mol. The molecule has 2 heterocycles. The second-order valence-electron chi connectivity index (χ2n) is 7.77. The van der Waals surface area contributed by atoms with Crippen LogP contribution in [0.25, 0.3) is 11.3 Å². The summed E-state index contributed by atoms with van der Waals surface area (Å²) in [5, 5.41) is 6.11. The van der Waals surface area contributed by atoms with Gasteiger partial charge in [-0.25, -0.2) is 9.37 Å². The normalized spacial score (nSPS) is 15.1. The van der Waals surface area contributed by atoms with Gasteiger partial charge in [0.25, 0.3) is 0 Å². The van der Waals surface area contributed by atoms with Crippen LogP contribution in [-0.4, -0.2) is 60.0 Å². The molecule has 4 rings (SSSR count). The topological polar surface area (TPSA) is 48.5 Å². The molecule has 1 aliphatic heterocycles. The zero-order valence-electron chi connectivity index (χ0n) is 17.5. The van der Waals surface area contributed by atoms with Crippen molar-refractivity contribution in [3.05, 3.63) is 76.4 Å². The van der Waals surface area contributed by atoms with Gasteiger partial charge in [0.2, 0.25) is 5.91 Å². The first-order chi connectivity index (χ1) is 15.2. The SMILES string of the molecule is O=C(CN1CCN(Cc2nc(-c3ccc(F)cc3)cs2)CC1)NCCc1ccccc1. The molecule has 0 unspecified atom stereocenters. The first-order valence-corrected chi connectivity index (χ1v) is 11.5. The Kier molecular flexibility index (Phi) is 7.40. The molecule has 31 heavy (non-hydrogen) atoms. The molecule has 0 spiro atoms. The molecule has 1 amide bonds. The van der Waals surface area contributed by atoms with E-state index in [0.717, 1.165) is 55.4 Å². The van der Waals surface area contributed by atoms with Gasteiger partial charge in [-0.3, -0.25) is 14.6 Å². The summed E-state index contributed by atoms with van der Waals surface area (Å²) < 4.78 is 13.1. The lowest BCUT2D eigenvalue weighted by molar-refractivity contribution is -0.122. The van der Waals surface area contributed by atoms with Crippen molar-refractivity contribution in [1.82, 2.24) is 20.1 Å². The summed E-state index contributed by atoms with van der Waals surface area (Å²) in [5.41, 5.74) is 3.07. The zero-order valence-corrected chi connectivity index (χ0v) is 18.3. The summed E-state index contributed by atoms with van der Waals surface area (Å²) in [4.78, 5) is 21.5. The third kappa shape index (κ3) is 6.43. The number of benzene rings is 2. The monoisotopic (exact) mass is 438 g/mol. The zero-order chi connectivity index (χ0) is 21.5. The van der Waals surface area contributed by atoms with Crippen molar-refractivity contribution in [2.24, 2.45) is 0 Å². The predicted molar refractivity (Wildman–Crippen MR) is 122 cm³/mol. The van der Waals surface area contributed by atoms with Crippen molar-refractivity contribution in [2.75, 3.05) is 39.3 Å². The van der Waals surface area contributed by atoms with E-state index in [2.05, 4.69) is 27.2 Å². The number of hydrogen-bond acceptors (Lipinski definition) is 5. The van der Waals surface area contributed by atoms with Gasteiger partial charge in [0.15, 0.2) is 0 Å². The fraction of sp³-hybridized carbons (Fsp3) is 0.333. The average Bonchev–Trinajstić information content (AvgIpc) is 3.25. The van der Waals surface area contributed by atoms with Crippen molar-refractivity contribution in [3.8, 4) is 11.3 Å². The Balaban J connectivity index is 1.17. The molecule has 1 aromatic heterocycles. The Morgan fingerprint density at radius 3 is 2.45 bits per heavy atom. The number of rotatable bonds is 8. The van der Waals surface area contributed by atoms with Crippen LogP contribution in [0.2, 0.25) is 0 Å². The summed E-state index contributed by atoms with van der Waals surface area (Å²) in [6, 6.07) is 16.7. The minimum absolute atomic E-state index is 0.0910. The van der Waals surface area contributed by atoms with Crippen molar-refractivity contribution in [3.63, 3.8) is 0 Å². The van der Waals surface area contributed by atoms with Crippen LogP contribution in [0.5, 0.6) is 0 Å². The summed E-state index contributed by atoms with van der Waals surface area (Å²) in [5.74, 6) is -0.143. The van der Waals surface area contributed by atoms with Crippen LogP contribution < -0.4 is 5.32 Å². The highest BCUT2D eigenvalue weighted by Gasteiger charge is 2.20. The third-order valence-corrected chi connectivity index (χ3v) is 6.29. The van der Waals surface area contributed by atoms with Crippen molar-refractivity contribution in [1.29, 1.82) is 0 Å². The van der Waals surface area contributed by atoms with Crippen LogP contribution in [0, 0.1) is 5.82 Å². The standard InChI is InChI=1S/C24H27FN4OS/c25-21-8-6-20(7-9-21)22-18-31-24(27-22)17-29-14-12-28(13-15-29)16-23(30)26-11-10-19-4-2-1-3-5-19/h1-9,18H,10-17H2,(H,26,30). The number of thiazole rings is 1. The quantitative estimate of drug-likeness (QED) is 0.586. The minimum Gasteiger partial charge on any atom is -0.355 e. The summed E-state index contributed by atoms with van der Waals surface area (Å²) in [7, 11) is 0. The van der Waals surface area contributed by atoms with E-state index in [1.54, 1.807) is 23.5 Å². The largest absolute Gasteiger partial charge is 0.355 e. The molecule has 7 heteroatoms. The van der Waals surface area contributed by atoms with E-state index in [1.807, 2.05) is 23.6 Å². The molecule has 0 bridgehead atoms. The smallest absolute Gasteiger partial charge is 0.234 e. The Bertz CT molecular complexity index is 969. The van der Waals surface area contributed by atoms with Gasteiger partial charge in [0.05, 0.1) is 18.8 Å². The van der Waals surface area contributed by atoms with E-state index in [1.165, 1.54) is 17.7 Å². The molecular formula is C24H27FN4OS. The Hall–Kier alpha value is -2.61. The lowest BCUT2D eigenvalue weighted by Crippen LogP contribution is -2.49. The predicted octanol–water partition coefficient (Wildman–Crippen LogP) is 3.43. The Morgan fingerprint density at radius 2 is 1.71 bits per heavy atom.